The maximum absolute atomic E-state index is 10.4. The van der Waals surface area contributed by atoms with Crippen LogP contribution in [0, 0.1) is 0 Å². The molecule has 0 radical (unpaired) electrons. The van der Waals surface area contributed by atoms with Gasteiger partial charge in [-0.05, 0) is 29.3 Å². The average Bonchev–Trinajstić information content (AvgIpc) is 2.84. The van der Waals surface area contributed by atoms with Crippen molar-refractivity contribution in [1.29, 1.82) is 0 Å². The lowest BCUT2D eigenvalue weighted by Crippen LogP contribution is -2.02. The van der Waals surface area contributed by atoms with Gasteiger partial charge in [0.25, 0.3) is 0 Å². The fourth-order valence-electron chi connectivity index (χ4n) is 3.10. The molecule has 166 valence electrons. The number of oxime groups is 1. The summed E-state index contributed by atoms with van der Waals surface area (Å²) in [5, 5.41) is 23.2. The smallest absolute Gasteiger partial charge is 0.161 e. The predicted molar refractivity (Wildman–Crippen MR) is 122 cm³/mol. The molecule has 0 saturated heterocycles. The summed E-state index contributed by atoms with van der Waals surface area (Å²) in [5.41, 5.74) is 2.19. The van der Waals surface area contributed by atoms with Gasteiger partial charge in [-0.15, -0.1) is 0 Å². The number of rotatable bonds is 9. The summed E-state index contributed by atoms with van der Waals surface area (Å²) in [6, 6.07) is 18.3. The van der Waals surface area contributed by atoms with Crippen molar-refractivity contribution < 1.29 is 29.3 Å². The number of hydrogen-bond acceptors (Lipinski definition) is 7. The zero-order chi connectivity index (χ0) is 22.9. The molecule has 3 aromatic carbocycles. The highest BCUT2D eigenvalue weighted by molar-refractivity contribution is 6.14. The Morgan fingerprint density at radius 1 is 0.875 bits per heavy atom. The standard InChI is InChI=1S/C25H25NO6/c1-29-19-14-21(27)25(24(15-19)31-3)20(26-28)11-9-17-10-12-22(23(13-17)30-2)32-16-18-7-5-4-6-8-18/h4-15,27-28H,16H2,1-3H3/b11-9+,26-20-. The molecule has 0 aliphatic heterocycles. The molecule has 3 rings (SSSR count). The van der Waals surface area contributed by atoms with Gasteiger partial charge >= 0.3 is 0 Å². The highest BCUT2D eigenvalue weighted by Gasteiger charge is 2.16. The summed E-state index contributed by atoms with van der Waals surface area (Å²) >= 11 is 0. The third kappa shape index (κ3) is 5.31. The van der Waals surface area contributed by atoms with Crippen molar-refractivity contribution in [3.8, 4) is 28.7 Å². The average molecular weight is 435 g/mol. The third-order valence-corrected chi connectivity index (χ3v) is 4.73. The summed E-state index contributed by atoms with van der Waals surface area (Å²) in [5.74, 6) is 1.76. The molecule has 7 heteroatoms. The van der Waals surface area contributed by atoms with Crippen LogP contribution in [0.1, 0.15) is 16.7 Å². The Balaban J connectivity index is 1.82. The van der Waals surface area contributed by atoms with Gasteiger partial charge in [-0.2, -0.15) is 0 Å². The molecule has 0 saturated carbocycles. The van der Waals surface area contributed by atoms with Crippen molar-refractivity contribution in [2.75, 3.05) is 21.3 Å². The highest BCUT2D eigenvalue weighted by atomic mass is 16.5. The Morgan fingerprint density at radius 2 is 1.62 bits per heavy atom. The Bertz CT molecular complexity index is 1110. The largest absolute Gasteiger partial charge is 0.507 e. The zero-order valence-corrected chi connectivity index (χ0v) is 18.1. The van der Waals surface area contributed by atoms with Gasteiger partial charge in [0.15, 0.2) is 11.5 Å². The maximum Gasteiger partial charge on any atom is 0.161 e. The molecule has 0 heterocycles. The second-order valence-corrected chi connectivity index (χ2v) is 6.73. The van der Waals surface area contributed by atoms with Gasteiger partial charge in [0, 0.05) is 12.1 Å². The van der Waals surface area contributed by atoms with Crippen LogP contribution in [-0.2, 0) is 6.61 Å². The molecule has 0 aliphatic rings. The van der Waals surface area contributed by atoms with Crippen LogP contribution in [0.5, 0.6) is 28.7 Å². The zero-order valence-electron chi connectivity index (χ0n) is 18.1. The monoisotopic (exact) mass is 435 g/mol. The summed E-state index contributed by atoms with van der Waals surface area (Å²) in [7, 11) is 4.50. The SMILES string of the molecule is COc1cc(O)c(C(/C=C/c2ccc(OCc3ccccc3)c(OC)c2)=N\O)c(OC)c1. The summed E-state index contributed by atoms with van der Waals surface area (Å²) < 4.78 is 21.8. The lowest BCUT2D eigenvalue weighted by molar-refractivity contribution is 0.284. The first kappa shape index (κ1) is 22.6. The number of phenolic OH excluding ortho intramolecular Hbond substituents is 1. The minimum absolute atomic E-state index is 0.116. The summed E-state index contributed by atoms with van der Waals surface area (Å²) in [6.07, 6.45) is 3.28. The van der Waals surface area contributed by atoms with Crippen LogP contribution in [0.25, 0.3) is 6.08 Å². The minimum atomic E-state index is -0.138. The van der Waals surface area contributed by atoms with Crippen molar-refractivity contribution in [1.82, 2.24) is 0 Å². The van der Waals surface area contributed by atoms with E-state index in [0.29, 0.717) is 29.6 Å². The second kappa shape index (κ2) is 10.8. The van der Waals surface area contributed by atoms with Crippen LogP contribution >= 0.6 is 0 Å². The third-order valence-electron chi connectivity index (χ3n) is 4.73. The van der Waals surface area contributed by atoms with Crippen molar-refractivity contribution in [3.05, 3.63) is 83.4 Å². The number of allylic oxidation sites excluding steroid dienone is 1. The molecule has 7 nitrogen and oxygen atoms in total. The van der Waals surface area contributed by atoms with E-state index in [0.717, 1.165) is 11.1 Å². The lowest BCUT2D eigenvalue weighted by Gasteiger charge is -2.12. The van der Waals surface area contributed by atoms with Crippen molar-refractivity contribution >= 4 is 11.8 Å². The Morgan fingerprint density at radius 3 is 2.28 bits per heavy atom. The van der Waals surface area contributed by atoms with Gasteiger partial charge < -0.3 is 29.3 Å². The molecule has 0 spiro atoms. The number of phenols is 1. The number of aromatic hydroxyl groups is 1. The van der Waals surface area contributed by atoms with E-state index in [1.54, 1.807) is 31.4 Å². The molecule has 0 aliphatic carbocycles. The van der Waals surface area contributed by atoms with E-state index < -0.39 is 0 Å². The van der Waals surface area contributed by atoms with Gasteiger partial charge in [-0.25, -0.2) is 0 Å². The minimum Gasteiger partial charge on any atom is -0.507 e. The fourth-order valence-corrected chi connectivity index (χ4v) is 3.10. The van der Waals surface area contributed by atoms with E-state index >= 15 is 0 Å². The van der Waals surface area contributed by atoms with Gasteiger partial charge in [0.05, 0.1) is 26.9 Å². The number of nitrogens with zero attached hydrogens (tertiary/aromatic N) is 1. The van der Waals surface area contributed by atoms with E-state index in [4.69, 9.17) is 18.9 Å². The summed E-state index contributed by atoms with van der Waals surface area (Å²) in [6.45, 7) is 0.421. The fraction of sp³-hybridized carbons (Fsp3) is 0.160. The first-order valence-electron chi connectivity index (χ1n) is 9.79. The Hall–Kier alpha value is -4.13. The molecular weight excluding hydrogens is 410 g/mol. The maximum atomic E-state index is 10.4. The lowest BCUT2D eigenvalue weighted by atomic mass is 10.1. The van der Waals surface area contributed by atoms with Gasteiger partial charge in [-0.1, -0.05) is 47.6 Å². The van der Waals surface area contributed by atoms with Crippen molar-refractivity contribution in [3.63, 3.8) is 0 Å². The van der Waals surface area contributed by atoms with Crippen LogP contribution < -0.4 is 18.9 Å². The predicted octanol–water partition coefficient (Wildman–Crippen LogP) is 4.89. The van der Waals surface area contributed by atoms with Crippen LogP contribution in [0.4, 0.5) is 0 Å². The molecule has 0 fully saturated rings. The molecule has 0 aromatic heterocycles. The van der Waals surface area contributed by atoms with E-state index in [9.17, 15) is 10.3 Å². The van der Waals surface area contributed by atoms with Gasteiger partial charge in [0.2, 0.25) is 0 Å². The quantitative estimate of drug-likeness (QED) is 0.283. The van der Waals surface area contributed by atoms with E-state index in [-0.39, 0.29) is 17.0 Å². The topological polar surface area (TPSA) is 89.7 Å². The van der Waals surface area contributed by atoms with Gasteiger partial charge in [0.1, 0.15) is 29.6 Å². The molecule has 2 N–H and O–H groups in total. The number of hydrogen-bond donors (Lipinski definition) is 2. The molecule has 3 aromatic rings. The van der Waals surface area contributed by atoms with E-state index in [1.807, 2.05) is 42.5 Å². The van der Waals surface area contributed by atoms with Crippen LogP contribution in [0.15, 0.2) is 71.9 Å². The summed E-state index contributed by atoms with van der Waals surface area (Å²) in [4.78, 5) is 0. The normalized spacial score (nSPS) is 11.4. The van der Waals surface area contributed by atoms with E-state index in [2.05, 4.69) is 5.16 Å². The first-order chi connectivity index (χ1) is 15.6. The number of benzene rings is 3. The highest BCUT2D eigenvalue weighted by Crippen LogP contribution is 2.34. The molecule has 0 amide bonds. The van der Waals surface area contributed by atoms with Crippen LogP contribution in [-0.4, -0.2) is 37.4 Å². The molecule has 32 heavy (non-hydrogen) atoms. The van der Waals surface area contributed by atoms with Crippen molar-refractivity contribution in [2.45, 2.75) is 6.61 Å². The van der Waals surface area contributed by atoms with E-state index in [1.165, 1.54) is 20.3 Å². The van der Waals surface area contributed by atoms with Gasteiger partial charge in [-0.3, -0.25) is 0 Å². The van der Waals surface area contributed by atoms with Crippen molar-refractivity contribution in [2.24, 2.45) is 5.16 Å². The number of ether oxygens (including phenoxy) is 4. The Labute approximate surface area is 186 Å². The van der Waals surface area contributed by atoms with Crippen LogP contribution in [0.2, 0.25) is 0 Å². The molecular formula is C25H25NO6. The second-order valence-electron chi connectivity index (χ2n) is 6.73. The van der Waals surface area contributed by atoms with Crippen LogP contribution in [0.3, 0.4) is 0 Å². The first-order valence-corrected chi connectivity index (χ1v) is 9.79. The Kier molecular flexibility index (Phi) is 7.59. The molecule has 0 bridgehead atoms. The molecule has 0 atom stereocenters. The number of methoxy groups -OCH3 is 3. The molecule has 0 unspecified atom stereocenters.